The second-order valence-electron chi connectivity index (χ2n) is 5.25. The van der Waals surface area contributed by atoms with E-state index >= 15 is 0 Å². The Morgan fingerprint density at radius 1 is 1.62 bits per heavy atom. The molecule has 16 heavy (non-hydrogen) atoms. The first-order valence-corrected chi connectivity index (χ1v) is 5.76. The second kappa shape index (κ2) is 4.31. The number of hydrogen-bond acceptors (Lipinski definition) is 3. The maximum Gasteiger partial charge on any atom is 0.117 e. The molecule has 3 heteroatoms. The minimum Gasteiger partial charge on any atom is -0.468 e. The maximum absolute atomic E-state index is 9.08. The summed E-state index contributed by atoms with van der Waals surface area (Å²) in [6.07, 6.45) is 2.67. The molecule has 1 saturated heterocycles. The zero-order valence-corrected chi connectivity index (χ0v) is 9.94. The zero-order valence-electron chi connectivity index (χ0n) is 9.94. The normalized spacial score (nSPS) is 25.2. The van der Waals surface area contributed by atoms with E-state index in [-0.39, 0.29) is 11.3 Å². The first-order chi connectivity index (χ1) is 7.62. The van der Waals surface area contributed by atoms with Crippen LogP contribution in [0.25, 0.3) is 0 Å². The number of likely N-dealkylation sites (tertiary alicyclic amines) is 1. The van der Waals surface area contributed by atoms with Crippen molar-refractivity contribution in [2.45, 2.75) is 26.8 Å². The van der Waals surface area contributed by atoms with Crippen molar-refractivity contribution in [2.24, 2.45) is 11.3 Å². The molecule has 0 radical (unpaired) electrons. The standard InChI is InChI=1S/C13H18N2O/c1-13(2)10-15(6-5-11(13)8-14)9-12-4-3-7-16-12/h3-4,7,11H,5-6,9-10H2,1-2H3. The van der Waals surface area contributed by atoms with E-state index in [0.717, 1.165) is 31.8 Å². The van der Waals surface area contributed by atoms with Gasteiger partial charge in [0.25, 0.3) is 0 Å². The lowest BCUT2D eigenvalue weighted by atomic mass is 9.75. The molecule has 1 aliphatic heterocycles. The van der Waals surface area contributed by atoms with E-state index in [1.54, 1.807) is 6.26 Å². The fourth-order valence-electron chi connectivity index (χ4n) is 2.47. The number of nitriles is 1. The molecule has 1 atom stereocenters. The van der Waals surface area contributed by atoms with Gasteiger partial charge in [0.15, 0.2) is 0 Å². The van der Waals surface area contributed by atoms with Gasteiger partial charge in [-0.1, -0.05) is 13.8 Å². The number of piperidine rings is 1. The van der Waals surface area contributed by atoms with Crippen LogP contribution in [0.5, 0.6) is 0 Å². The van der Waals surface area contributed by atoms with E-state index < -0.39 is 0 Å². The van der Waals surface area contributed by atoms with Crippen molar-refractivity contribution in [2.75, 3.05) is 13.1 Å². The second-order valence-corrected chi connectivity index (χ2v) is 5.25. The molecular weight excluding hydrogens is 200 g/mol. The Morgan fingerprint density at radius 2 is 2.44 bits per heavy atom. The molecule has 0 spiro atoms. The van der Waals surface area contributed by atoms with Crippen LogP contribution in [0.15, 0.2) is 22.8 Å². The van der Waals surface area contributed by atoms with Crippen LogP contribution in [0.4, 0.5) is 0 Å². The smallest absolute Gasteiger partial charge is 0.117 e. The quantitative estimate of drug-likeness (QED) is 0.766. The molecule has 86 valence electrons. The summed E-state index contributed by atoms with van der Waals surface area (Å²) in [6.45, 7) is 7.16. The van der Waals surface area contributed by atoms with Crippen LogP contribution in [0.2, 0.25) is 0 Å². The van der Waals surface area contributed by atoms with Gasteiger partial charge in [-0.05, 0) is 30.5 Å². The third-order valence-corrected chi connectivity index (χ3v) is 3.42. The number of nitrogens with zero attached hydrogens (tertiary/aromatic N) is 2. The lowest BCUT2D eigenvalue weighted by Gasteiger charge is -2.41. The zero-order chi connectivity index (χ0) is 11.6. The molecule has 2 rings (SSSR count). The Labute approximate surface area is 96.7 Å². The monoisotopic (exact) mass is 218 g/mol. The van der Waals surface area contributed by atoms with Gasteiger partial charge in [-0.2, -0.15) is 5.26 Å². The van der Waals surface area contributed by atoms with Crippen LogP contribution in [-0.4, -0.2) is 18.0 Å². The summed E-state index contributed by atoms with van der Waals surface area (Å²) in [5.41, 5.74) is 0.0829. The molecule has 0 amide bonds. The van der Waals surface area contributed by atoms with Crippen LogP contribution >= 0.6 is 0 Å². The first-order valence-electron chi connectivity index (χ1n) is 5.76. The molecular formula is C13H18N2O. The van der Waals surface area contributed by atoms with Gasteiger partial charge in [-0.25, -0.2) is 0 Å². The van der Waals surface area contributed by atoms with Crippen molar-refractivity contribution in [3.8, 4) is 6.07 Å². The van der Waals surface area contributed by atoms with Gasteiger partial charge in [-0.3, -0.25) is 4.90 Å². The molecule has 0 N–H and O–H groups in total. The Kier molecular flexibility index (Phi) is 3.02. The summed E-state index contributed by atoms with van der Waals surface area (Å²) in [6, 6.07) is 6.35. The molecule has 0 aliphatic carbocycles. The topological polar surface area (TPSA) is 40.2 Å². The van der Waals surface area contributed by atoms with E-state index in [9.17, 15) is 0 Å². The number of furan rings is 1. The van der Waals surface area contributed by atoms with Gasteiger partial charge in [0.05, 0.1) is 24.8 Å². The molecule has 2 heterocycles. The minimum absolute atomic E-state index is 0.0829. The van der Waals surface area contributed by atoms with Crippen molar-refractivity contribution in [3.63, 3.8) is 0 Å². The Hall–Kier alpha value is -1.27. The third-order valence-electron chi connectivity index (χ3n) is 3.42. The summed E-state index contributed by atoms with van der Waals surface area (Å²) in [4.78, 5) is 2.37. The fraction of sp³-hybridized carbons (Fsp3) is 0.615. The SMILES string of the molecule is CC1(C)CN(Cc2ccco2)CCC1C#N. The average Bonchev–Trinajstić information content (AvgIpc) is 2.69. The van der Waals surface area contributed by atoms with Crippen LogP contribution < -0.4 is 0 Å². The van der Waals surface area contributed by atoms with Gasteiger partial charge in [-0.15, -0.1) is 0 Å². The fourth-order valence-corrected chi connectivity index (χ4v) is 2.47. The lowest BCUT2D eigenvalue weighted by Crippen LogP contribution is -2.44. The molecule has 0 bridgehead atoms. The van der Waals surface area contributed by atoms with Crippen molar-refractivity contribution in [1.82, 2.24) is 4.90 Å². The average molecular weight is 218 g/mol. The summed E-state index contributed by atoms with van der Waals surface area (Å²) < 4.78 is 5.35. The van der Waals surface area contributed by atoms with Gasteiger partial charge in [0.2, 0.25) is 0 Å². The molecule has 3 nitrogen and oxygen atoms in total. The number of hydrogen-bond donors (Lipinski definition) is 0. The number of rotatable bonds is 2. The predicted octanol–water partition coefficient (Wildman–Crippen LogP) is 2.65. The molecule has 1 unspecified atom stereocenters. The van der Waals surface area contributed by atoms with Crippen LogP contribution in [0.1, 0.15) is 26.0 Å². The molecule has 1 aromatic rings. The van der Waals surface area contributed by atoms with Crippen LogP contribution in [0.3, 0.4) is 0 Å². The predicted molar refractivity (Wildman–Crippen MR) is 61.5 cm³/mol. The Balaban J connectivity index is 1.98. The van der Waals surface area contributed by atoms with E-state index in [2.05, 4.69) is 24.8 Å². The van der Waals surface area contributed by atoms with E-state index in [1.165, 1.54) is 0 Å². The van der Waals surface area contributed by atoms with Gasteiger partial charge in [0, 0.05) is 6.54 Å². The largest absolute Gasteiger partial charge is 0.468 e. The van der Waals surface area contributed by atoms with Gasteiger partial charge < -0.3 is 4.42 Å². The molecule has 1 fully saturated rings. The van der Waals surface area contributed by atoms with Crippen molar-refractivity contribution >= 4 is 0 Å². The summed E-state index contributed by atoms with van der Waals surface area (Å²) in [5, 5.41) is 9.08. The molecule has 1 aliphatic rings. The summed E-state index contributed by atoms with van der Waals surface area (Å²) >= 11 is 0. The van der Waals surface area contributed by atoms with Gasteiger partial charge in [0.1, 0.15) is 5.76 Å². The Bertz CT molecular complexity index is 375. The van der Waals surface area contributed by atoms with Crippen molar-refractivity contribution in [1.29, 1.82) is 5.26 Å². The van der Waals surface area contributed by atoms with E-state index in [1.807, 2.05) is 12.1 Å². The highest BCUT2D eigenvalue weighted by Gasteiger charge is 2.35. The highest BCUT2D eigenvalue weighted by atomic mass is 16.3. The highest BCUT2D eigenvalue weighted by Crippen LogP contribution is 2.34. The minimum atomic E-state index is 0.0829. The Morgan fingerprint density at radius 3 is 3.00 bits per heavy atom. The van der Waals surface area contributed by atoms with E-state index in [4.69, 9.17) is 9.68 Å². The van der Waals surface area contributed by atoms with E-state index in [0.29, 0.717) is 0 Å². The molecule has 0 aromatic carbocycles. The lowest BCUT2D eigenvalue weighted by molar-refractivity contribution is 0.0721. The molecule has 1 aromatic heterocycles. The van der Waals surface area contributed by atoms with Gasteiger partial charge >= 0.3 is 0 Å². The first kappa shape index (κ1) is 11.2. The van der Waals surface area contributed by atoms with Crippen molar-refractivity contribution < 1.29 is 4.42 Å². The van der Waals surface area contributed by atoms with Crippen LogP contribution in [-0.2, 0) is 6.54 Å². The third kappa shape index (κ3) is 2.28. The highest BCUT2D eigenvalue weighted by molar-refractivity contribution is 5.02. The van der Waals surface area contributed by atoms with Crippen molar-refractivity contribution in [3.05, 3.63) is 24.2 Å². The summed E-state index contributed by atoms with van der Waals surface area (Å²) in [5.74, 6) is 1.19. The molecule has 0 saturated carbocycles. The maximum atomic E-state index is 9.08. The summed E-state index contributed by atoms with van der Waals surface area (Å²) in [7, 11) is 0. The van der Waals surface area contributed by atoms with Crippen LogP contribution in [0, 0.1) is 22.7 Å².